The van der Waals surface area contributed by atoms with E-state index < -0.39 is 11.5 Å². The average molecular weight is 326 g/mol. The van der Waals surface area contributed by atoms with E-state index in [2.05, 4.69) is 28.2 Å². The van der Waals surface area contributed by atoms with Crippen molar-refractivity contribution in [3.8, 4) is 0 Å². The molecule has 0 bridgehead atoms. The Morgan fingerprint density at radius 3 is 2.58 bits per heavy atom. The maximum Gasteiger partial charge on any atom is 0.329 e. The highest BCUT2D eigenvalue weighted by atomic mass is 79.9. The summed E-state index contributed by atoms with van der Waals surface area (Å²) < 4.78 is 0.993. The highest BCUT2D eigenvalue weighted by Gasteiger charge is 2.47. The Balaban J connectivity index is 2.29. The summed E-state index contributed by atoms with van der Waals surface area (Å²) >= 11 is 3.39. The van der Waals surface area contributed by atoms with Crippen molar-refractivity contribution in [2.24, 2.45) is 11.8 Å². The minimum absolute atomic E-state index is 0.113. The number of anilines is 1. The van der Waals surface area contributed by atoms with Crippen molar-refractivity contribution in [2.45, 2.75) is 38.6 Å². The standard InChI is InChI=1S/C15H20BrNO2/c1-10-4-3-9-15(11(10)2,14(18)19)17-13-7-5-12(16)6-8-13/h5-8,10-11,17H,3-4,9H2,1-2H3,(H,18,19). The summed E-state index contributed by atoms with van der Waals surface area (Å²) in [6.45, 7) is 4.19. The Hall–Kier alpha value is -1.03. The van der Waals surface area contributed by atoms with Gasteiger partial charge in [0.2, 0.25) is 0 Å². The Morgan fingerprint density at radius 2 is 2.00 bits per heavy atom. The summed E-state index contributed by atoms with van der Waals surface area (Å²) in [5.41, 5.74) is 0.0254. The van der Waals surface area contributed by atoms with Crippen LogP contribution in [0, 0.1) is 11.8 Å². The van der Waals surface area contributed by atoms with E-state index in [1.807, 2.05) is 31.2 Å². The van der Waals surface area contributed by atoms with Crippen LogP contribution in [0.25, 0.3) is 0 Å². The van der Waals surface area contributed by atoms with Crippen molar-refractivity contribution in [3.63, 3.8) is 0 Å². The number of hydrogen-bond acceptors (Lipinski definition) is 2. The van der Waals surface area contributed by atoms with Gasteiger partial charge in [-0.05, 0) is 42.5 Å². The van der Waals surface area contributed by atoms with Gasteiger partial charge in [0, 0.05) is 10.2 Å². The first-order chi connectivity index (χ1) is 8.95. The molecule has 0 heterocycles. The Labute approximate surface area is 122 Å². The quantitative estimate of drug-likeness (QED) is 0.878. The molecule has 3 atom stereocenters. The van der Waals surface area contributed by atoms with Crippen LogP contribution in [0.1, 0.15) is 33.1 Å². The first kappa shape index (κ1) is 14.4. The molecular weight excluding hydrogens is 306 g/mol. The van der Waals surface area contributed by atoms with Crippen molar-refractivity contribution in [1.82, 2.24) is 0 Å². The Bertz CT molecular complexity index is 460. The van der Waals surface area contributed by atoms with Gasteiger partial charge in [-0.2, -0.15) is 0 Å². The maximum absolute atomic E-state index is 11.8. The first-order valence-corrected chi connectivity index (χ1v) is 7.52. The number of halogens is 1. The van der Waals surface area contributed by atoms with Gasteiger partial charge in [-0.25, -0.2) is 4.79 Å². The number of carboxylic acids is 1. The predicted octanol–water partition coefficient (Wildman–Crippen LogP) is 4.14. The molecule has 2 rings (SSSR count). The number of benzene rings is 1. The van der Waals surface area contributed by atoms with Crippen LogP contribution in [0.15, 0.2) is 28.7 Å². The van der Waals surface area contributed by atoms with Crippen LogP contribution in [-0.4, -0.2) is 16.6 Å². The molecule has 1 aromatic carbocycles. The number of rotatable bonds is 3. The van der Waals surface area contributed by atoms with Gasteiger partial charge in [0.15, 0.2) is 0 Å². The molecule has 0 aliphatic heterocycles. The smallest absolute Gasteiger partial charge is 0.329 e. The molecule has 0 spiro atoms. The lowest BCUT2D eigenvalue weighted by atomic mass is 9.68. The monoisotopic (exact) mass is 325 g/mol. The molecule has 1 fully saturated rings. The van der Waals surface area contributed by atoms with Crippen LogP contribution in [0.2, 0.25) is 0 Å². The van der Waals surface area contributed by atoms with Crippen molar-refractivity contribution in [2.75, 3.05) is 5.32 Å². The Morgan fingerprint density at radius 1 is 1.37 bits per heavy atom. The fourth-order valence-electron chi connectivity index (χ4n) is 2.99. The van der Waals surface area contributed by atoms with E-state index in [4.69, 9.17) is 0 Å². The van der Waals surface area contributed by atoms with Crippen LogP contribution in [0.5, 0.6) is 0 Å². The van der Waals surface area contributed by atoms with Gasteiger partial charge < -0.3 is 10.4 Å². The Kier molecular flexibility index (Phi) is 4.19. The fourth-order valence-corrected chi connectivity index (χ4v) is 3.25. The minimum Gasteiger partial charge on any atom is -0.479 e. The van der Waals surface area contributed by atoms with E-state index in [1.165, 1.54) is 0 Å². The molecule has 0 aromatic heterocycles. The van der Waals surface area contributed by atoms with Gasteiger partial charge in [-0.3, -0.25) is 0 Å². The van der Waals surface area contributed by atoms with E-state index in [9.17, 15) is 9.90 Å². The number of nitrogens with one attached hydrogen (secondary N) is 1. The molecule has 104 valence electrons. The third kappa shape index (κ3) is 2.78. The number of hydrogen-bond donors (Lipinski definition) is 2. The largest absolute Gasteiger partial charge is 0.479 e. The van der Waals surface area contributed by atoms with Gasteiger partial charge in [0.1, 0.15) is 5.54 Å². The number of carboxylic acid groups (broad SMARTS) is 1. The predicted molar refractivity (Wildman–Crippen MR) is 80.3 cm³/mol. The molecule has 1 aromatic rings. The minimum atomic E-state index is -0.842. The van der Waals surface area contributed by atoms with E-state index in [1.54, 1.807) is 0 Å². The summed E-state index contributed by atoms with van der Waals surface area (Å²) in [5.74, 6) is -0.204. The van der Waals surface area contributed by atoms with E-state index in [0.717, 1.165) is 23.0 Å². The zero-order chi connectivity index (χ0) is 14.0. The number of carbonyl (C=O) groups is 1. The topological polar surface area (TPSA) is 49.3 Å². The van der Waals surface area contributed by atoms with E-state index >= 15 is 0 Å². The van der Waals surface area contributed by atoms with Crippen molar-refractivity contribution < 1.29 is 9.90 Å². The molecule has 1 saturated carbocycles. The highest BCUT2D eigenvalue weighted by molar-refractivity contribution is 9.10. The van der Waals surface area contributed by atoms with Crippen molar-refractivity contribution in [3.05, 3.63) is 28.7 Å². The summed E-state index contributed by atoms with van der Waals surface area (Å²) in [6, 6.07) is 7.69. The van der Waals surface area contributed by atoms with Crippen molar-refractivity contribution in [1.29, 1.82) is 0 Å². The average Bonchev–Trinajstić information content (AvgIpc) is 2.37. The van der Waals surface area contributed by atoms with E-state index in [0.29, 0.717) is 12.3 Å². The van der Waals surface area contributed by atoms with Gasteiger partial charge >= 0.3 is 5.97 Å². The van der Waals surface area contributed by atoms with Gasteiger partial charge in [0.25, 0.3) is 0 Å². The third-order valence-electron chi connectivity index (χ3n) is 4.45. The molecule has 2 N–H and O–H groups in total. The molecule has 3 unspecified atom stereocenters. The lowest BCUT2D eigenvalue weighted by molar-refractivity contribution is -0.146. The summed E-state index contributed by atoms with van der Waals surface area (Å²) in [6.07, 6.45) is 2.75. The number of aliphatic carboxylic acids is 1. The van der Waals surface area contributed by atoms with Crippen LogP contribution < -0.4 is 5.32 Å². The summed E-state index contributed by atoms with van der Waals surface area (Å²) in [7, 11) is 0. The summed E-state index contributed by atoms with van der Waals surface area (Å²) in [5, 5.41) is 13.0. The second-order valence-corrected chi connectivity index (χ2v) is 6.48. The fraction of sp³-hybridized carbons (Fsp3) is 0.533. The lowest BCUT2D eigenvalue weighted by Crippen LogP contribution is -2.55. The second kappa shape index (κ2) is 5.53. The van der Waals surface area contributed by atoms with Gasteiger partial charge in [-0.1, -0.05) is 42.6 Å². The SMILES string of the molecule is CC1CCCC(Nc2ccc(Br)cc2)(C(=O)O)C1C. The molecule has 4 heteroatoms. The van der Waals surface area contributed by atoms with E-state index in [-0.39, 0.29) is 5.92 Å². The summed E-state index contributed by atoms with van der Waals surface area (Å²) in [4.78, 5) is 11.8. The molecule has 0 saturated heterocycles. The third-order valence-corrected chi connectivity index (χ3v) is 4.98. The zero-order valence-corrected chi connectivity index (χ0v) is 12.9. The second-order valence-electron chi connectivity index (χ2n) is 5.57. The molecule has 1 aliphatic carbocycles. The van der Waals surface area contributed by atoms with Gasteiger partial charge in [0.05, 0.1) is 0 Å². The molecule has 1 aliphatic rings. The molecular formula is C15H20BrNO2. The van der Waals surface area contributed by atoms with Crippen LogP contribution in [0.4, 0.5) is 5.69 Å². The van der Waals surface area contributed by atoms with Crippen LogP contribution in [0.3, 0.4) is 0 Å². The highest BCUT2D eigenvalue weighted by Crippen LogP contribution is 2.40. The molecule has 0 radical (unpaired) electrons. The zero-order valence-electron chi connectivity index (χ0n) is 11.3. The van der Waals surface area contributed by atoms with Gasteiger partial charge in [-0.15, -0.1) is 0 Å². The van der Waals surface area contributed by atoms with Crippen molar-refractivity contribution >= 4 is 27.6 Å². The van der Waals surface area contributed by atoms with Crippen LogP contribution in [-0.2, 0) is 4.79 Å². The molecule has 19 heavy (non-hydrogen) atoms. The van der Waals surface area contributed by atoms with Crippen LogP contribution >= 0.6 is 15.9 Å². The lowest BCUT2D eigenvalue weighted by Gasteiger charge is -2.43. The first-order valence-electron chi connectivity index (χ1n) is 6.73. The maximum atomic E-state index is 11.8. The normalized spacial score (nSPS) is 30.9. The molecule has 0 amide bonds. The molecule has 3 nitrogen and oxygen atoms in total.